The van der Waals surface area contributed by atoms with Crippen molar-refractivity contribution in [3.63, 3.8) is 0 Å². The van der Waals surface area contributed by atoms with Gasteiger partial charge < -0.3 is 14.0 Å². The van der Waals surface area contributed by atoms with Gasteiger partial charge >= 0.3 is 0 Å². The van der Waals surface area contributed by atoms with Crippen molar-refractivity contribution in [3.05, 3.63) is 0 Å². The van der Waals surface area contributed by atoms with Gasteiger partial charge in [0.05, 0.1) is 30.1 Å². The maximum atomic E-state index is 16.6. The van der Waals surface area contributed by atoms with Crippen molar-refractivity contribution in [3.8, 4) is 0 Å². The first-order valence-electron chi connectivity index (χ1n) is 19.7. The highest BCUT2D eigenvalue weighted by Gasteiger charge is 2.62. The van der Waals surface area contributed by atoms with E-state index in [2.05, 4.69) is 0 Å². The molecule has 42 heavy (non-hydrogen) atoms. The molecule has 0 N–H and O–H groups in total. The molecule has 5 rings (SSSR count). The summed E-state index contributed by atoms with van der Waals surface area (Å²) in [7, 11) is -2.55. The minimum Gasteiger partial charge on any atom is -0.373 e. The Labute approximate surface area is 261 Å². The van der Waals surface area contributed by atoms with Crippen molar-refractivity contribution in [1.82, 2.24) is 0 Å². The van der Waals surface area contributed by atoms with Gasteiger partial charge in [0.1, 0.15) is 7.14 Å². The lowest BCUT2D eigenvalue weighted by Crippen LogP contribution is -2.59. The Hall–Kier alpha value is 0.150. The molecule has 5 fully saturated rings. The van der Waals surface area contributed by atoms with Gasteiger partial charge in [-0.25, -0.2) is 0 Å². The van der Waals surface area contributed by atoms with Crippen LogP contribution < -0.4 is 0 Å². The molecule has 3 nitrogen and oxygen atoms in total. The third-order valence-corrected chi connectivity index (χ3v) is 17.1. The number of hydrogen-bond donors (Lipinski definition) is 0. The molecule has 244 valence electrons. The maximum absolute atomic E-state index is 16.6. The van der Waals surface area contributed by atoms with E-state index in [1.807, 2.05) is 0 Å². The second-order valence-electron chi connectivity index (χ2n) is 15.4. The predicted octanol–water partition coefficient (Wildman–Crippen LogP) is 12.1. The lowest BCUT2D eigenvalue weighted by molar-refractivity contribution is -0.104. The first kappa shape index (κ1) is 33.5. The van der Waals surface area contributed by atoms with Crippen LogP contribution in [0.1, 0.15) is 199 Å². The van der Waals surface area contributed by atoms with E-state index in [1.54, 1.807) is 0 Å². The number of fused-ring (bicyclic) bond motifs is 4. The lowest BCUT2D eigenvalue weighted by atomic mass is 9.95. The number of hydrogen-bond acceptors (Lipinski definition) is 3. The van der Waals surface area contributed by atoms with Gasteiger partial charge in [0.15, 0.2) is 0 Å². The molecule has 0 amide bonds. The molecule has 8 unspecified atom stereocenters. The molecular weight excluding hydrogens is 535 g/mol. The molecule has 0 aromatic rings. The van der Waals surface area contributed by atoms with Gasteiger partial charge in [-0.3, -0.25) is 0 Å². The zero-order chi connectivity index (χ0) is 28.9. The molecule has 8 atom stereocenters. The van der Waals surface area contributed by atoms with Gasteiger partial charge in [-0.05, 0) is 38.5 Å². The van der Waals surface area contributed by atoms with Crippen LogP contribution in [0.5, 0.6) is 0 Å². The van der Waals surface area contributed by atoms with Crippen molar-refractivity contribution >= 4 is 7.14 Å². The average molecular weight is 605 g/mol. The molecule has 0 aromatic heterocycles. The Morgan fingerprint density at radius 1 is 0.310 bits per heavy atom. The molecule has 2 aliphatic heterocycles. The molecule has 3 aliphatic carbocycles. The van der Waals surface area contributed by atoms with Crippen LogP contribution in [0.15, 0.2) is 0 Å². The van der Waals surface area contributed by atoms with Crippen LogP contribution in [0.4, 0.5) is 0 Å². The van der Waals surface area contributed by atoms with Crippen LogP contribution in [0.2, 0.25) is 0 Å². The van der Waals surface area contributed by atoms with Crippen LogP contribution in [-0.4, -0.2) is 41.4 Å². The van der Waals surface area contributed by atoms with E-state index in [-0.39, 0.29) is 30.1 Å². The maximum Gasteiger partial charge on any atom is 0.107 e. The molecule has 2 heterocycles. The molecule has 0 aromatic carbocycles. The van der Waals surface area contributed by atoms with Gasteiger partial charge in [-0.15, -0.1) is 0 Å². The largest absolute Gasteiger partial charge is 0.373 e. The Bertz CT molecular complexity index is 784. The first-order valence-corrected chi connectivity index (χ1v) is 21.6. The summed E-state index contributed by atoms with van der Waals surface area (Å²) >= 11 is 0. The Morgan fingerprint density at radius 3 is 0.857 bits per heavy atom. The predicted molar refractivity (Wildman–Crippen MR) is 179 cm³/mol. The molecule has 5 aliphatic rings. The summed E-state index contributed by atoms with van der Waals surface area (Å²) in [5.41, 5.74) is 0.759. The fourth-order valence-electron chi connectivity index (χ4n) is 9.98. The SMILES string of the molecule is O=P12C3CCCCCCCCCCCC3OC3CCCCCCCCCCC(OC4CCCCCCCCCCC41)C32. The Morgan fingerprint density at radius 2 is 0.548 bits per heavy atom. The minimum atomic E-state index is -2.55. The summed E-state index contributed by atoms with van der Waals surface area (Å²) < 4.78 is 31.2. The van der Waals surface area contributed by atoms with Crippen molar-refractivity contribution in [2.75, 3.05) is 0 Å². The third-order valence-electron chi connectivity index (χ3n) is 12.3. The summed E-state index contributed by atoms with van der Waals surface area (Å²) in [5.74, 6) is 0. The average Bonchev–Trinajstić information content (AvgIpc) is 3.01. The van der Waals surface area contributed by atoms with Crippen molar-refractivity contribution in [2.45, 2.75) is 240 Å². The van der Waals surface area contributed by atoms with Crippen LogP contribution in [0.25, 0.3) is 0 Å². The van der Waals surface area contributed by atoms with Crippen LogP contribution in [-0.2, 0) is 14.0 Å². The second-order valence-corrected chi connectivity index (χ2v) is 18.8. The number of rotatable bonds is 0. The zero-order valence-corrected chi connectivity index (χ0v) is 28.5. The molecular formula is C38H69O3P. The van der Waals surface area contributed by atoms with Crippen LogP contribution >= 0.6 is 7.14 Å². The molecule has 0 radical (unpaired) electrons. The van der Waals surface area contributed by atoms with E-state index in [0.29, 0.717) is 11.3 Å². The quantitative estimate of drug-likeness (QED) is 0.258. The highest BCUT2D eigenvalue weighted by Crippen LogP contribution is 2.72. The monoisotopic (exact) mass is 604 g/mol. The summed E-state index contributed by atoms with van der Waals surface area (Å²) in [6.45, 7) is 0. The fraction of sp³-hybridized carbons (Fsp3) is 1.00. The molecule has 0 bridgehead atoms. The van der Waals surface area contributed by atoms with E-state index >= 15 is 4.57 Å². The third kappa shape index (κ3) is 9.12. The van der Waals surface area contributed by atoms with Crippen LogP contribution in [0.3, 0.4) is 0 Å². The van der Waals surface area contributed by atoms with Crippen molar-refractivity contribution < 1.29 is 14.0 Å². The summed E-state index contributed by atoms with van der Waals surface area (Å²) in [6.07, 6.45) is 41.2. The smallest absolute Gasteiger partial charge is 0.107 e. The normalized spacial score (nSPS) is 41.5. The van der Waals surface area contributed by atoms with Gasteiger partial charge in [-0.2, -0.15) is 0 Å². The summed E-state index contributed by atoms with van der Waals surface area (Å²) in [6, 6.07) is 0. The topological polar surface area (TPSA) is 35.5 Å². The van der Waals surface area contributed by atoms with E-state index in [0.717, 1.165) is 38.5 Å². The highest BCUT2D eigenvalue weighted by molar-refractivity contribution is 7.66. The molecule has 4 heteroatoms. The highest BCUT2D eigenvalue weighted by atomic mass is 31.2. The van der Waals surface area contributed by atoms with Crippen molar-refractivity contribution in [2.24, 2.45) is 0 Å². The standard InChI is InChI=1S/C38H69O3P/c39-42-36-30-24-18-12-3-1-2-8-14-20-26-32(36)40-34-28-22-16-10-4-5-11-17-23-29-35(38(34)42)41-33-27-21-15-9-6-7-13-19-25-31-37(33)42/h32-38H,1-31H2. The zero-order valence-electron chi connectivity index (χ0n) is 27.6. The number of ether oxygens (including phenoxy) is 2. The summed E-state index contributed by atoms with van der Waals surface area (Å²) in [5, 5.41) is 0. The lowest BCUT2D eigenvalue weighted by Gasteiger charge is -2.57. The minimum absolute atomic E-state index is 0.167. The van der Waals surface area contributed by atoms with E-state index in [1.165, 1.54) is 161 Å². The van der Waals surface area contributed by atoms with Gasteiger partial charge in [0, 0.05) is 11.3 Å². The van der Waals surface area contributed by atoms with Gasteiger partial charge in [0.25, 0.3) is 0 Å². The van der Waals surface area contributed by atoms with E-state index < -0.39 is 7.14 Å². The Kier molecular flexibility index (Phi) is 14.6. The molecule has 0 spiro atoms. The molecule has 2 saturated heterocycles. The van der Waals surface area contributed by atoms with E-state index in [4.69, 9.17) is 9.47 Å². The van der Waals surface area contributed by atoms with E-state index in [9.17, 15) is 0 Å². The summed E-state index contributed by atoms with van der Waals surface area (Å²) in [4.78, 5) is 0. The van der Waals surface area contributed by atoms with Crippen molar-refractivity contribution in [1.29, 1.82) is 0 Å². The van der Waals surface area contributed by atoms with Gasteiger partial charge in [0.2, 0.25) is 0 Å². The second kappa shape index (κ2) is 18.3. The first-order chi connectivity index (χ1) is 20.8. The Balaban J connectivity index is 1.49. The van der Waals surface area contributed by atoms with Crippen LogP contribution in [0, 0.1) is 0 Å². The fourth-order valence-corrected chi connectivity index (χ4v) is 15.5. The van der Waals surface area contributed by atoms with Gasteiger partial charge in [-0.1, -0.05) is 161 Å². The molecule has 3 saturated carbocycles.